The summed E-state index contributed by atoms with van der Waals surface area (Å²) in [6.45, 7) is 1.84. The molecule has 0 saturated carbocycles. The van der Waals surface area contributed by atoms with E-state index in [4.69, 9.17) is 5.73 Å². The molecule has 70 valence electrons. The van der Waals surface area contributed by atoms with Crippen LogP contribution >= 0.6 is 22.6 Å². The highest BCUT2D eigenvalue weighted by Gasteiger charge is 2.07. The SMILES string of the molecule is CC(N)CC(=O)c1ccc(I)cc1. The van der Waals surface area contributed by atoms with Gasteiger partial charge < -0.3 is 5.73 Å². The van der Waals surface area contributed by atoms with Gasteiger partial charge in [0.15, 0.2) is 5.78 Å². The molecule has 0 heterocycles. The van der Waals surface area contributed by atoms with Crippen molar-refractivity contribution in [1.82, 2.24) is 0 Å². The van der Waals surface area contributed by atoms with Crippen molar-refractivity contribution in [3.63, 3.8) is 0 Å². The van der Waals surface area contributed by atoms with Crippen LogP contribution in [0.4, 0.5) is 0 Å². The minimum atomic E-state index is -0.0632. The Hall–Kier alpha value is -0.420. The van der Waals surface area contributed by atoms with Crippen LogP contribution in [-0.4, -0.2) is 11.8 Å². The maximum absolute atomic E-state index is 11.5. The third-order valence-electron chi connectivity index (χ3n) is 1.67. The quantitative estimate of drug-likeness (QED) is 0.685. The second-order valence-corrected chi connectivity index (χ2v) is 4.36. The summed E-state index contributed by atoms with van der Waals surface area (Å²) in [6, 6.07) is 7.47. The predicted molar refractivity (Wildman–Crippen MR) is 61.8 cm³/mol. The first-order valence-corrected chi connectivity index (χ1v) is 5.22. The third-order valence-corrected chi connectivity index (χ3v) is 2.39. The summed E-state index contributed by atoms with van der Waals surface area (Å²) in [5.74, 6) is 0.117. The topological polar surface area (TPSA) is 43.1 Å². The van der Waals surface area contributed by atoms with Crippen molar-refractivity contribution in [1.29, 1.82) is 0 Å². The van der Waals surface area contributed by atoms with Crippen LogP contribution in [0.5, 0.6) is 0 Å². The number of carbonyl (C=O) groups is 1. The van der Waals surface area contributed by atoms with Gasteiger partial charge in [-0.15, -0.1) is 0 Å². The Morgan fingerprint density at radius 2 is 2.00 bits per heavy atom. The second-order valence-electron chi connectivity index (χ2n) is 3.11. The Balaban J connectivity index is 2.72. The van der Waals surface area contributed by atoms with Crippen molar-refractivity contribution in [2.45, 2.75) is 19.4 Å². The van der Waals surface area contributed by atoms with E-state index in [0.717, 1.165) is 9.13 Å². The highest BCUT2D eigenvalue weighted by atomic mass is 127. The first kappa shape index (κ1) is 10.7. The fourth-order valence-electron chi connectivity index (χ4n) is 1.05. The van der Waals surface area contributed by atoms with Gasteiger partial charge in [-0.3, -0.25) is 4.79 Å². The van der Waals surface area contributed by atoms with Gasteiger partial charge in [-0.05, 0) is 41.6 Å². The Bertz CT molecular complexity index is 292. The molecule has 3 heteroatoms. The molecule has 1 unspecified atom stereocenters. The molecule has 1 atom stereocenters. The molecule has 0 fully saturated rings. The van der Waals surface area contributed by atoms with Crippen LogP contribution in [0.1, 0.15) is 23.7 Å². The van der Waals surface area contributed by atoms with Gasteiger partial charge in [-0.25, -0.2) is 0 Å². The highest BCUT2D eigenvalue weighted by molar-refractivity contribution is 14.1. The van der Waals surface area contributed by atoms with Crippen LogP contribution in [0.25, 0.3) is 0 Å². The lowest BCUT2D eigenvalue weighted by atomic mass is 10.1. The van der Waals surface area contributed by atoms with Gasteiger partial charge in [0.05, 0.1) is 0 Å². The molecule has 0 radical (unpaired) electrons. The van der Waals surface area contributed by atoms with Crippen molar-refractivity contribution in [3.8, 4) is 0 Å². The molecule has 1 aromatic carbocycles. The number of hydrogen-bond donors (Lipinski definition) is 1. The van der Waals surface area contributed by atoms with Crippen molar-refractivity contribution < 1.29 is 4.79 Å². The molecule has 0 aliphatic rings. The average Bonchev–Trinajstić information content (AvgIpc) is 2.04. The lowest BCUT2D eigenvalue weighted by molar-refractivity contribution is 0.0976. The van der Waals surface area contributed by atoms with Crippen LogP contribution in [-0.2, 0) is 0 Å². The van der Waals surface area contributed by atoms with E-state index in [0.29, 0.717) is 6.42 Å². The molecule has 0 amide bonds. The first-order valence-electron chi connectivity index (χ1n) is 4.14. The van der Waals surface area contributed by atoms with E-state index < -0.39 is 0 Å². The molecule has 0 aliphatic carbocycles. The van der Waals surface area contributed by atoms with E-state index in [1.165, 1.54) is 0 Å². The van der Waals surface area contributed by atoms with E-state index >= 15 is 0 Å². The Labute approximate surface area is 91.7 Å². The molecule has 0 spiro atoms. The normalized spacial score (nSPS) is 12.5. The van der Waals surface area contributed by atoms with Gasteiger partial charge in [0, 0.05) is 21.6 Å². The van der Waals surface area contributed by atoms with Crippen molar-refractivity contribution in [2.24, 2.45) is 5.73 Å². The first-order chi connectivity index (χ1) is 6.09. The molecule has 0 saturated heterocycles. The molecule has 2 nitrogen and oxygen atoms in total. The predicted octanol–water partition coefficient (Wildman–Crippen LogP) is 2.21. The smallest absolute Gasteiger partial charge is 0.164 e. The molecule has 13 heavy (non-hydrogen) atoms. The zero-order valence-electron chi connectivity index (χ0n) is 7.46. The molecule has 0 bridgehead atoms. The second kappa shape index (κ2) is 4.72. The fourth-order valence-corrected chi connectivity index (χ4v) is 1.41. The number of carbonyl (C=O) groups excluding carboxylic acids is 1. The number of ketones is 1. The van der Waals surface area contributed by atoms with Gasteiger partial charge in [-0.1, -0.05) is 12.1 Å². The van der Waals surface area contributed by atoms with E-state index in [1.54, 1.807) is 0 Å². The Kier molecular flexibility index (Phi) is 3.87. The van der Waals surface area contributed by atoms with E-state index in [2.05, 4.69) is 22.6 Å². The number of hydrogen-bond acceptors (Lipinski definition) is 2. The summed E-state index contributed by atoms with van der Waals surface area (Å²) in [6.07, 6.45) is 0.417. The standard InChI is InChI=1S/C10H12INO/c1-7(12)6-10(13)8-2-4-9(11)5-3-8/h2-5,7H,6,12H2,1H3. The van der Waals surface area contributed by atoms with E-state index in [1.807, 2.05) is 31.2 Å². The molecular weight excluding hydrogens is 277 g/mol. The minimum Gasteiger partial charge on any atom is -0.328 e. The summed E-state index contributed by atoms with van der Waals surface area (Å²) in [5.41, 5.74) is 6.29. The number of halogens is 1. The fraction of sp³-hybridized carbons (Fsp3) is 0.300. The summed E-state index contributed by atoms with van der Waals surface area (Å²) in [7, 11) is 0. The number of benzene rings is 1. The van der Waals surface area contributed by atoms with Crippen molar-refractivity contribution >= 4 is 28.4 Å². The number of Topliss-reactive ketones (excluding diaryl/α,β-unsaturated/α-hetero) is 1. The lowest BCUT2D eigenvalue weighted by Crippen LogP contribution is -2.19. The van der Waals surface area contributed by atoms with E-state index in [-0.39, 0.29) is 11.8 Å². The maximum atomic E-state index is 11.5. The maximum Gasteiger partial charge on any atom is 0.164 e. The molecular formula is C10H12INO. The minimum absolute atomic E-state index is 0.0632. The van der Waals surface area contributed by atoms with Crippen LogP contribution in [0.2, 0.25) is 0 Å². The largest absolute Gasteiger partial charge is 0.328 e. The number of nitrogens with two attached hydrogens (primary N) is 1. The van der Waals surface area contributed by atoms with Crippen molar-refractivity contribution in [3.05, 3.63) is 33.4 Å². The lowest BCUT2D eigenvalue weighted by Gasteiger charge is -2.03. The number of rotatable bonds is 3. The van der Waals surface area contributed by atoms with Crippen LogP contribution in [0, 0.1) is 3.57 Å². The zero-order chi connectivity index (χ0) is 9.84. The van der Waals surface area contributed by atoms with Gasteiger partial charge in [0.25, 0.3) is 0 Å². The summed E-state index contributed by atoms with van der Waals surface area (Å²) in [5, 5.41) is 0. The third kappa shape index (κ3) is 3.44. The van der Waals surface area contributed by atoms with Gasteiger partial charge in [0.2, 0.25) is 0 Å². The molecule has 0 aromatic heterocycles. The Morgan fingerprint density at radius 1 is 1.46 bits per heavy atom. The van der Waals surface area contributed by atoms with Gasteiger partial charge >= 0.3 is 0 Å². The molecule has 2 N–H and O–H groups in total. The van der Waals surface area contributed by atoms with Crippen LogP contribution < -0.4 is 5.73 Å². The van der Waals surface area contributed by atoms with Gasteiger partial charge in [-0.2, -0.15) is 0 Å². The molecule has 1 rings (SSSR count). The highest BCUT2D eigenvalue weighted by Crippen LogP contribution is 2.09. The molecule has 1 aromatic rings. The zero-order valence-corrected chi connectivity index (χ0v) is 9.61. The summed E-state index contributed by atoms with van der Waals surface area (Å²) >= 11 is 2.21. The van der Waals surface area contributed by atoms with Crippen LogP contribution in [0.3, 0.4) is 0 Å². The summed E-state index contributed by atoms with van der Waals surface area (Å²) < 4.78 is 1.13. The monoisotopic (exact) mass is 289 g/mol. The van der Waals surface area contributed by atoms with E-state index in [9.17, 15) is 4.79 Å². The average molecular weight is 289 g/mol. The molecule has 0 aliphatic heterocycles. The van der Waals surface area contributed by atoms with Crippen LogP contribution in [0.15, 0.2) is 24.3 Å². The summed E-state index contributed by atoms with van der Waals surface area (Å²) in [4.78, 5) is 11.5. The van der Waals surface area contributed by atoms with Gasteiger partial charge in [0.1, 0.15) is 0 Å². The van der Waals surface area contributed by atoms with Crippen molar-refractivity contribution in [2.75, 3.05) is 0 Å². The Morgan fingerprint density at radius 3 is 2.46 bits per heavy atom.